The van der Waals surface area contributed by atoms with Crippen LogP contribution in [-0.2, 0) is 6.54 Å². The summed E-state index contributed by atoms with van der Waals surface area (Å²) in [7, 11) is 0. The highest BCUT2D eigenvalue weighted by atomic mass is 32.1. The number of hydrogen-bond acceptors (Lipinski definition) is 2. The maximum Gasteiger partial charge on any atom is 0.166 e. The predicted molar refractivity (Wildman–Crippen MR) is 65.5 cm³/mol. The van der Waals surface area contributed by atoms with Crippen molar-refractivity contribution in [3.05, 3.63) is 35.6 Å². The molecule has 0 atom stereocenters. The monoisotopic (exact) mass is 242 g/mol. The first kappa shape index (κ1) is 12.9. The van der Waals surface area contributed by atoms with Gasteiger partial charge in [-0.05, 0) is 36.3 Å². The molecule has 0 saturated heterocycles. The second kappa shape index (κ2) is 7.14. The molecular weight excluding hydrogens is 227 g/mol. The van der Waals surface area contributed by atoms with Gasteiger partial charge in [-0.15, -0.1) is 0 Å². The molecule has 1 rings (SSSR count). The van der Waals surface area contributed by atoms with Gasteiger partial charge in [0.2, 0.25) is 0 Å². The molecule has 88 valence electrons. The minimum atomic E-state index is -0.251. The molecule has 3 nitrogen and oxygen atoms in total. The van der Waals surface area contributed by atoms with Gasteiger partial charge in [-0.3, -0.25) is 0 Å². The Morgan fingerprint density at radius 3 is 2.88 bits per heavy atom. The first-order valence-corrected chi connectivity index (χ1v) is 5.50. The maximum absolute atomic E-state index is 12.8. The predicted octanol–water partition coefficient (Wildman–Crippen LogP) is 1.17. The van der Waals surface area contributed by atoms with Crippen molar-refractivity contribution in [1.29, 1.82) is 0 Å². The van der Waals surface area contributed by atoms with Crippen LogP contribution in [0.5, 0.6) is 0 Å². The van der Waals surface area contributed by atoms with Crippen molar-refractivity contribution < 1.29 is 9.50 Å². The number of hydrogen-bond donors (Lipinski definition) is 3. The quantitative estimate of drug-likeness (QED) is 0.536. The number of halogens is 1. The van der Waals surface area contributed by atoms with Gasteiger partial charge < -0.3 is 15.7 Å². The largest absolute Gasteiger partial charge is 0.396 e. The van der Waals surface area contributed by atoms with Crippen molar-refractivity contribution in [2.75, 3.05) is 13.2 Å². The van der Waals surface area contributed by atoms with E-state index >= 15 is 0 Å². The second-order valence-corrected chi connectivity index (χ2v) is 3.72. The van der Waals surface area contributed by atoms with Gasteiger partial charge in [-0.25, -0.2) is 4.39 Å². The molecule has 0 heterocycles. The minimum Gasteiger partial charge on any atom is -0.396 e. The van der Waals surface area contributed by atoms with Gasteiger partial charge in [0.25, 0.3) is 0 Å². The van der Waals surface area contributed by atoms with Crippen molar-refractivity contribution in [2.45, 2.75) is 13.0 Å². The second-order valence-electron chi connectivity index (χ2n) is 3.32. The van der Waals surface area contributed by atoms with E-state index in [9.17, 15) is 4.39 Å². The molecule has 3 N–H and O–H groups in total. The van der Waals surface area contributed by atoms with Crippen LogP contribution in [0.4, 0.5) is 4.39 Å². The Kier molecular flexibility index (Phi) is 5.74. The number of nitrogens with one attached hydrogen (secondary N) is 2. The zero-order chi connectivity index (χ0) is 11.8. The van der Waals surface area contributed by atoms with Crippen LogP contribution in [0.15, 0.2) is 24.3 Å². The fourth-order valence-electron chi connectivity index (χ4n) is 1.17. The molecule has 5 heteroatoms. The van der Waals surface area contributed by atoms with E-state index in [0.717, 1.165) is 5.56 Å². The molecule has 0 aliphatic rings. The van der Waals surface area contributed by atoms with Gasteiger partial charge in [0.1, 0.15) is 5.82 Å². The summed E-state index contributed by atoms with van der Waals surface area (Å²) in [6.07, 6.45) is 0.655. The average molecular weight is 242 g/mol. The summed E-state index contributed by atoms with van der Waals surface area (Å²) in [4.78, 5) is 0. The van der Waals surface area contributed by atoms with Crippen LogP contribution in [0.1, 0.15) is 12.0 Å². The van der Waals surface area contributed by atoms with E-state index in [1.165, 1.54) is 12.1 Å². The van der Waals surface area contributed by atoms with E-state index in [1.54, 1.807) is 6.07 Å². The van der Waals surface area contributed by atoms with Crippen molar-refractivity contribution in [2.24, 2.45) is 0 Å². The van der Waals surface area contributed by atoms with Crippen LogP contribution in [-0.4, -0.2) is 23.4 Å². The number of aliphatic hydroxyl groups excluding tert-OH is 1. The first-order chi connectivity index (χ1) is 7.72. The van der Waals surface area contributed by atoms with E-state index in [2.05, 4.69) is 10.6 Å². The molecule has 16 heavy (non-hydrogen) atoms. The van der Waals surface area contributed by atoms with Crippen molar-refractivity contribution in [1.82, 2.24) is 10.6 Å². The Morgan fingerprint density at radius 2 is 2.19 bits per heavy atom. The van der Waals surface area contributed by atoms with E-state index in [0.29, 0.717) is 24.6 Å². The van der Waals surface area contributed by atoms with E-state index in [1.807, 2.05) is 6.07 Å². The molecule has 0 aliphatic carbocycles. The first-order valence-electron chi connectivity index (χ1n) is 5.09. The molecule has 1 aromatic carbocycles. The van der Waals surface area contributed by atoms with Crippen LogP contribution >= 0.6 is 12.2 Å². The van der Waals surface area contributed by atoms with Crippen molar-refractivity contribution in [3.8, 4) is 0 Å². The Balaban J connectivity index is 2.26. The summed E-state index contributed by atoms with van der Waals surface area (Å²) < 4.78 is 12.8. The highest BCUT2D eigenvalue weighted by molar-refractivity contribution is 7.80. The lowest BCUT2D eigenvalue weighted by Gasteiger charge is -2.09. The zero-order valence-corrected chi connectivity index (χ0v) is 9.69. The Bertz CT molecular complexity index is 347. The highest BCUT2D eigenvalue weighted by Crippen LogP contribution is 2.02. The van der Waals surface area contributed by atoms with Crippen LogP contribution in [0.3, 0.4) is 0 Å². The van der Waals surface area contributed by atoms with Gasteiger partial charge >= 0.3 is 0 Å². The Hall–Kier alpha value is -1.20. The zero-order valence-electron chi connectivity index (χ0n) is 8.87. The summed E-state index contributed by atoms with van der Waals surface area (Å²) >= 11 is 5.00. The van der Waals surface area contributed by atoms with Crippen molar-refractivity contribution >= 4 is 17.3 Å². The lowest BCUT2D eigenvalue weighted by atomic mass is 10.2. The average Bonchev–Trinajstić information content (AvgIpc) is 2.27. The normalized spacial score (nSPS) is 9.88. The molecule has 0 radical (unpaired) electrons. The molecule has 0 bridgehead atoms. The topological polar surface area (TPSA) is 44.3 Å². The molecule has 0 saturated carbocycles. The minimum absolute atomic E-state index is 0.138. The SMILES string of the molecule is OCCCNC(=S)NCc1cccc(F)c1. The lowest BCUT2D eigenvalue weighted by molar-refractivity contribution is 0.289. The molecule has 0 spiro atoms. The molecule has 0 aliphatic heterocycles. The molecule has 1 aromatic rings. The number of benzene rings is 1. The van der Waals surface area contributed by atoms with Gasteiger partial charge in [-0.1, -0.05) is 12.1 Å². The fourth-order valence-corrected chi connectivity index (χ4v) is 1.35. The molecule has 0 aromatic heterocycles. The van der Waals surface area contributed by atoms with Gasteiger partial charge in [0, 0.05) is 19.7 Å². The van der Waals surface area contributed by atoms with Gasteiger partial charge in [0.15, 0.2) is 5.11 Å². The third kappa shape index (κ3) is 5.04. The lowest BCUT2D eigenvalue weighted by Crippen LogP contribution is -2.35. The number of aliphatic hydroxyl groups is 1. The standard InChI is InChI=1S/C11H15FN2OS/c12-10-4-1-3-9(7-10)8-14-11(16)13-5-2-6-15/h1,3-4,7,15H,2,5-6,8H2,(H2,13,14,16). The molecular formula is C11H15FN2OS. The van der Waals surface area contributed by atoms with Crippen molar-refractivity contribution in [3.63, 3.8) is 0 Å². The summed E-state index contributed by atoms with van der Waals surface area (Å²) in [5, 5.41) is 15.0. The third-order valence-corrected chi connectivity index (χ3v) is 2.25. The summed E-state index contributed by atoms with van der Waals surface area (Å²) in [6.45, 7) is 1.26. The summed E-state index contributed by atoms with van der Waals surface area (Å²) in [5.41, 5.74) is 0.839. The Labute approximate surface area is 99.7 Å². The van der Waals surface area contributed by atoms with Crippen LogP contribution in [0.25, 0.3) is 0 Å². The van der Waals surface area contributed by atoms with Gasteiger partial charge in [0.05, 0.1) is 0 Å². The van der Waals surface area contributed by atoms with E-state index < -0.39 is 0 Å². The van der Waals surface area contributed by atoms with Gasteiger partial charge in [-0.2, -0.15) is 0 Å². The molecule has 0 fully saturated rings. The van der Waals surface area contributed by atoms with Crippen LogP contribution < -0.4 is 10.6 Å². The fraction of sp³-hybridized carbons (Fsp3) is 0.364. The molecule has 0 unspecified atom stereocenters. The van der Waals surface area contributed by atoms with Crippen LogP contribution in [0, 0.1) is 5.82 Å². The number of rotatable bonds is 5. The van der Waals surface area contributed by atoms with E-state index in [-0.39, 0.29) is 12.4 Å². The summed E-state index contributed by atoms with van der Waals surface area (Å²) in [5.74, 6) is -0.251. The highest BCUT2D eigenvalue weighted by Gasteiger charge is 1.97. The molecule has 0 amide bonds. The van der Waals surface area contributed by atoms with E-state index in [4.69, 9.17) is 17.3 Å². The maximum atomic E-state index is 12.8. The summed E-state index contributed by atoms with van der Waals surface area (Å²) in [6, 6.07) is 6.35. The van der Waals surface area contributed by atoms with Crippen LogP contribution in [0.2, 0.25) is 0 Å². The Morgan fingerprint density at radius 1 is 1.38 bits per heavy atom. The smallest absolute Gasteiger partial charge is 0.166 e. The third-order valence-electron chi connectivity index (χ3n) is 1.96. The number of thiocarbonyl (C=S) groups is 1.